The largest absolute Gasteiger partial charge is 0.494 e. The lowest BCUT2D eigenvalue weighted by Gasteiger charge is -2.33. The lowest BCUT2D eigenvalue weighted by Crippen LogP contribution is -2.42. The molecule has 0 bridgehead atoms. The molecule has 0 radical (unpaired) electrons. The van der Waals surface area contributed by atoms with Crippen molar-refractivity contribution in [1.29, 1.82) is 0 Å². The number of rotatable bonds is 8. The Morgan fingerprint density at radius 3 is 3.00 bits per heavy atom. The molecular weight excluding hydrogens is 282 g/mol. The molecule has 5 nitrogen and oxygen atoms in total. The highest BCUT2D eigenvalue weighted by molar-refractivity contribution is 5.36. The minimum atomic E-state index is 0.00273. The Morgan fingerprint density at radius 2 is 2.27 bits per heavy atom. The summed E-state index contributed by atoms with van der Waals surface area (Å²) in [5, 5.41) is 9.49. The van der Waals surface area contributed by atoms with Gasteiger partial charge in [0.05, 0.1) is 25.9 Å². The van der Waals surface area contributed by atoms with Crippen LogP contribution in [0.2, 0.25) is 0 Å². The molecule has 2 rings (SSSR count). The van der Waals surface area contributed by atoms with Gasteiger partial charge in [0, 0.05) is 38.9 Å². The molecule has 1 aliphatic rings. The molecule has 0 spiro atoms. The van der Waals surface area contributed by atoms with Crippen LogP contribution in [0, 0.1) is 0 Å². The minimum Gasteiger partial charge on any atom is -0.494 e. The van der Waals surface area contributed by atoms with Gasteiger partial charge in [0.2, 0.25) is 0 Å². The Labute approximate surface area is 132 Å². The van der Waals surface area contributed by atoms with E-state index in [1.165, 1.54) is 5.56 Å². The van der Waals surface area contributed by atoms with Crippen LogP contribution in [0.15, 0.2) is 18.2 Å². The SMILES string of the molecule is CCOc1ccc(CN2CCOC(CCOC)C2)cc1CO. The zero-order chi connectivity index (χ0) is 15.8. The highest BCUT2D eigenvalue weighted by Crippen LogP contribution is 2.22. The van der Waals surface area contributed by atoms with E-state index in [2.05, 4.69) is 11.0 Å². The fourth-order valence-electron chi connectivity index (χ4n) is 2.76. The summed E-state index contributed by atoms with van der Waals surface area (Å²) in [5.41, 5.74) is 2.04. The van der Waals surface area contributed by atoms with Gasteiger partial charge < -0.3 is 19.3 Å². The number of hydrogen-bond acceptors (Lipinski definition) is 5. The zero-order valence-electron chi connectivity index (χ0n) is 13.6. The summed E-state index contributed by atoms with van der Waals surface area (Å²) < 4.78 is 16.4. The number of benzene rings is 1. The van der Waals surface area contributed by atoms with E-state index >= 15 is 0 Å². The Hall–Kier alpha value is -1.14. The van der Waals surface area contributed by atoms with Gasteiger partial charge >= 0.3 is 0 Å². The predicted octanol–water partition coefficient (Wildman–Crippen LogP) is 1.81. The van der Waals surface area contributed by atoms with Crippen LogP contribution in [0.5, 0.6) is 5.75 Å². The first-order valence-electron chi connectivity index (χ1n) is 7.95. The average Bonchev–Trinajstić information content (AvgIpc) is 2.55. The number of nitrogens with zero attached hydrogens (tertiary/aromatic N) is 1. The topological polar surface area (TPSA) is 51.2 Å². The summed E-state index contributed by atoms with van der Waals surface area (Å²) >= 11 is 0. The van der Waals surface area contributed by atoms with Crippen LogP contribution in [-0.4, -0.2) is 56.1 Å². The van der Waals surface area contributed by atoms with Crippen molar-refractivity contribution in [2.75, 3.05) is 40.0 Å². The van der Waals surface area contributed by atoms with Crippen LogP contribution < -0.4 is 4.74 Å². The third kappa shape index (κ3) is 4.95. The zero-order valence-corrected chi connectivity index (χ0v) is 13.6. The van der Waals surface area contributed by atoms with Crippen molar-refractivity contribution in [2.24, 2.45) is 0 Å². The molecule has 1 saturated heterocycles. The summed E-state index contributed by atoms with van der Waals surface area (Å²) in [4.78, 5) is 2.39. The van der Waals surface area contributed by atoms with Crippen molar-refractivity contribution in [3.63, 3.8) is 0 Å². The first-order valence-corrected chi connectivity index (χ1v) is 7.95. The van der Waals surface area contributed by atoms with E-state index in [4.69, 9.17) is 14.2 Å². The van der Waals surface area contributed by atoms with Crippen LogP contribution in [0.25, 0.3) is 0 Å². The minimum absolute atomic E-state index is 0.00273. The van der Waals surface area contributed by atoms with Gasteiger partial charge in [-0.1, -0.05) is 6.07 Å². The van der Waals surface area contributed by atoms with Crippen molar-refractivity contribution in [2.45, 2.75) is 32.6 Å². The maximum absolute atomic E-state index is 9.49. The molecule has 0 saturated carbocycles. The number of methoxy groups -OCH3 is 1. The molecule has 1 atom stereocenters. The summed E-state index contributed by atoms with van der Waals surface area (Å²) in [6.07, 6.45) is 1.17. The molecule has 1 N–H and O–H groups in total. The monoisotopic (exact) mass is 309 g/mol. The van der Waals surface area contributed by atoms with Crippen LogP contribution in [0.1, 0.15) is 24.5 Å². The molecule has 0 aromatic heterocycles. The van der Waals surface area contributed by atoms with E-state index < -0.39 is 0 Å². The predicted molar refractivity (Wildman–Crippen MR) is 85.0 cm³/mol. The second-order valence-corrected chi connectivity index (χ2v) is 5.54. The first kappa shape index (κ1) is 17.2. The molecule has 5 heteroatoms. The van der Waals surface area contributed by atoms with E-state index in [0.717, 1.165) is 50.6 Å². The van der Waals surface area contributed by atoms with E-state index in [1.807, 2.05) is 19.1 Å². The van der Waals surface area contributed by atoms with Crippen LogP contribution in [-0.2, 0) is 22.6 Å². The second kappa shape index (κ2) is 9.10. The molecule has 1 aliphatic heterocycles. The third-order valence-corrected chi connectivity index (χ3v) is 3.87. The van der Waals surface area contributed by atoms with Crippen molar-refractivity contribution >= 4 is 0 Å². The fraction of sp³-hybridized carbons (Fsp3) is 0.647. The van der Waals surface area contributed by atoms with Gasteiger partial charge in [-0.05, 0) is 31.0 Å². The standard InChI is InChI=1S/C17H27NO4/c1-3-21-17-5-4-14(10-15(17)13-19)11-18-7-9-22-16(12-18)6-8-20-2/h4-5,10,16,19H,3,6-9,11-13H2,1-2H3. The third-order valence-electron chi connectivity index (χ3n) is 3.87. The molecule has 1 unspecified atom stereocenters. The van der Waals surface area contributed by atoms with Crippen LogP contribution in [0.4, 0.5) is 0 Å². The summed E-state index contributed by atoms with van der Waals surface area (Å²) in [6.45, 7) is 6.78. The number of morpholine rings is 1. The van der Waals surface area contributed by atoms with Gasteiger partial charge in [-0.25, -0.2) is 0 Å². The molecule has 1 aromatic rings. The number of ether oxygens (including phenoxy) is 3. The quantitative estimate of drug-likeness (QED) is 0.794. The summed E-state index contributed by atoms with van der Waals surface area (Å²) in [7, 11) is 1.72. The lowest BCUT2D eigenvalue weighted by atomic mass is 10.1. The summed E-state index contributed by atoms with van der Waals surface area (Å²) in [6, 6.07) is 6.06. The summed E-state index contributed by atoms with van der Waals surface area (Å²) in [5.74, 6) is 0.772. The highest BCUT2D eigenvalue weighted by atomic mass is 16.5. The van der Waals surface area contributed by atoms with E-state index in [9.17, 15) is 5.11 Å². The van der Waals surface area contributed by atoms with Gasteiger partial charge in [-0.2, -0.15) is 0 Å². The van der Waals surface area contributed by atoms with Crippen molar-refractivity contribution in [1.82, 2.24) is 4.90 Å². The van der Waals surface area contributed by atoms with E-state index in [-0.39, 0.29) is 12.7 Å². The van der Waals surface area contributed by atoms with Crippen molar-refractivity contribution < 1.29 is 19.3 Å². The molecule has 22 heavy (non-hydrogen) atoms. The van der Waals surface area contributed by atoms with Crippen molar-refractivity contribution in [3.05, 3.63) is 29.3 Å². The van der Waals surface area contributed by atoms with Gasteiger partial charge in [-0.15, -0.1) is 0 Å². The number of aliphatic hydroxyl groups is 1. The van der Waals surface area contributed by atoms with E-state index in [1.54, 1.807) is 7.11 Å². The molecule has 1 fully saturated rings. The van der Waals surface area contributed by atoms with Gasteiger partial charge in [0.15, 0.2) is 0 Å². The Kier molecular flexibility index (Phi) is 7.12. The molecular formula is C17H27NO4. The molecule has 1 aromatic carbocycles. The Bertz CT molecular complexity index is 452. The number of hydrogen-bond donors (Lipinski definition) is 1. The van der Waals surface area contributed by atoms with Crippen LogP contribution >= 0.6 is 0 Å². The van der Waals surface area contributed by atoms with Crippen LogP contribution in [0.3, 0.4) is 0 Å². The molecule has 124 valence electrons. The van der Waals surface area contributed by atoms with Crippen molar-refractivity contribution in [3.8, 4) is 5.75 Å². The highest BCUT2D eigenvalue weighted by Gasteiger charge is 2.20. The van der Waals surface area contributed by atoms with E-state index in [0.29, 0.717) is 6.61 Å². The first-order chi connectivity index (χ1) is 10.8. The molecule has 0 aliphatic carbocycles. The number of aliphatic hydroxyl groups excluding tert-OH is 1. The normalized spacial score (nSPS) is 19.3. The Balaban J connectivity index is 1.94. The van der Waals surface area contributed by atoms with Gasteiger partial charge in [0.1, 0.15) is 5.75 Å². The smallest absolute Gasteiger partial charge is 0.124 e. The lowest BCUT2D eigenvalue weighted by molar-refractivity contribution is -0.0432. The van der Waals surface area contributed by atoms with Gasteiger partial charge in [0.25, 0.3) is 0 Å². The fourth-order valence-corrected chi connectivity index (χ4v) is 2.76. The second-order valence-electron chi connectivity index (χ2n) is 5.54. The average molecular weight is 309 g/mol. The Morgan fingerprint density at radius 1 is 1.41 bits per heavy atom. The molecule has 1 heterocycles. The maximum atomic E-state index is 9.49. The maximum Gasteiger partial charge on any atom is 0.124 e. The molecule has 0 amide bonds. The van der Waals surface area contributed by atoms with Gasteiger partial charge in [-0.3, -0.25) is 4.90 Å².